The van der Waals surface area contributed by atoms with Crippen molar-refractivity contribution in [3.8, 4) is 0 Å². The van der Waals surface area contributed by atoms with E-state index in [4.69, 9.17) is 9.47 Å². The third-order valence-corrected chi connectivity index (χ3v) is 4.85. The van der Waals surface area contributed by atoms with E-state index < -0.39 is 30.2 Å². The molecule has 0 aliphatic carbocycles. The second-order valence-corrected chi connectivity index (χ2v) is 7.25. The zero-order valence-electron chi connectivity index (χ0n) is 17.6. The first-order valence-electron chi connectivity index (χ1n) is 10.4. The summed E-state index contributed by atoms with van der Waals surface area (Å²) in [5.74, 6) is -2.70. The highest BCUT2D eigenvalue weighted by molar-refractivity contribution is 6.12. The van der Waals surface area contributed by atoms with Gasteiger partial charge in [-0.05, 0) is 12.8 Å². The molecule has 0 N–H and O–H groups in total. The Bertz CT molecular complexity index is 939. The summed E-state index contributed by atoms with van der Waals surface area (Å²) >= 11 is 0. The van der Waals surface area contributed by atoms with Crippen LogP contribution in [0.3, 0.4) is 0 Å². The van der Waals surface area contributed by atoms with E-state index in [1.165, 1.54) is 12.2 Å². The van der Waals surface area contributed by atoms with Crippen molar-refractivity contribution in [2.45, 2.75) is 44.8 Å². The van der Waals surface area contributed by atoms with Gasteiger partial charge in [-0.3, -0.25) is 33.7 Å². The van der Waals surface area contributed by atoms with Gasteiger partial charge in [0.15, 0.2) is 0 Å². The van der Waals surface area contributed by atoms with Gasteiger partial charge in [-0.15, -0.1) is 0 Å². The minimum absolute atomic E-state index is 0.00494. The van der Waals surface area contributed by atoms with E-state index in [0.717, 1.165) is 4.90 Å². The van der Waals surface area contributed by atoms with Gasteiger partial charge in [0.25, 0.3) is 29.9 Å². The molecular formula is C22H22N2O9. The number of carbonyl (C=O) groups is 6. The molecule has 33 heavy (non-hydrogen) atoms. The minimum Gasteiger partial charge on any atom is -0.420 e. The molecule has 1 aromatic rings. The maximum Gasteiger partial charge on any atom is 0.537 e. The predicted octanol–water partition coefficient (Wildman–Crippen LogP) is 1.93. The van der Waals surface area contributed by atoms with Gasteiger partial charge in [0.1, 0.15) is 0 Å². The summed E-state index contributed by atoms with van der Waals surface area (Å²) in [4.78, 5) is 76.3. The molecule has 0 radical (unpaired) electrons. The van der Waals surface area contributed by atoms with Crippen molar-refractivity contribution in [2.24, 2.45) is 0 Å². The van der Waals surface area contributed by atoms with Crippen molar-refractivity contribution in [2.75, 3.05) is 6.54 Å². The van der Waals surface area contributed by atoms with Crippen molar-refractivity contribution in [3.63, 3.8) is 0 Å². The maximum absolute atomic E-state index is 12.3. The van der Waals surface area contributed by atoms with Gasteiger partial charge in [0.2, 0.25) is 0 Å². The predicted molar refractivity (Wildman–Crippen MR) is 108 cm³/mol. The van der Waals surface area contributed by atoms with E-state index in [0.29, 0.717) is 29.9 Å². The lowest BCUT2D eigenvalue weighted by Gasteiger charge is -2.19. The Morgan fingerprint density at radius 3 is 2.12 bits per heavy atom. The molecule has 1 aromatic carbocycles. The zero-order valence-corrected chi connectivity index (χ0v) is 17.6. The Morgan fingerprint density at radius 1 is 0.848 bits per heavy atom. The van der Waals surface area contributed by atoms with Gasteiger partial charge >= 0.3 is 12.1 Å². The fourth-order valence-corrected chi connectivity index (χ4v) is 3.16. The number of benzene rings is 1. The van der Waals surface area contributed by atoms with E-state index in [1.807, 2.05) is 0 Å². The quantitative estimate of drug-likeness (QED) is 0.223. The topological polar surface area (TPSA) is 137 Å². The highest BCUT2D eigenvalue weighted by Gasteiger charge is 2.34. The maximum atomic E-state index is 12.3. The largest absolute Gasteiger partial charge is 0.537 e. The molecule has 11 heteroatoms. The molecule has 0 saturated carbocycles. The van der Waals surface area contributed by atoms with Gasteiger partial charge in [0.05, 0.1) is 0 Å². The lowest BCUT2D eigenvalue weighted by atomic mass is 10.2. The van der Waals surface area contributed by atoms with Crippen LogP contribution in [0, 0.1) is 0 Å². The number of hydrogen-bond donors (Lipinski definition) is 0. The number of hydrogen-bond acceptors (Lipinski definition) is 9. The molecule has 1 fully saturated rings. The lowest BCUT2D eigenvalue weighted by Crippen LogP contribution is -2.33. The van der Waals surface area contributed by atoms with Gasteiger partial charge < -0.3 is 9.47 Å². The number of unbranched alkanes of at least 4 members (excludes halogenated alkanes) is 2. The highest BCUT2D eigenvalue weighted by atomic mass is 16.9. The van der Waals surface area contributed by atoms with Crippen LogP contribution in [0.5, 0.6) is 0 Å². The first-order valence-corrected chi connectivity index (χ1v) is 10.4. The van der Waals surface area contributed by atoms with Crippen LogP contribution in [0.4, 0.5) is 4.79 Å². The molecule has 2 aliphatic heterocycles. The van der Waals surface area contributed by atoms with Crippen LogP contribution in [0.15, 0.2) is 42.5 Å². The summed E-state index contributed by atoms with van der Waals surface area (Å²) in [6.45, 7) is 0.259. The molecule has 0 aromatic heterocycles. The lowest BCUT2D eigenvalue weighted by molar-refractivity contribution is -0.195. The van der Waals surface area contributed by atoms with Crippen molar-refractivity contribution < 1.29 is 43.1 Å². The minimum atomic E-state index is -1.44. The summed E-state index contributed by atoms with van der Waals surface area (Å²) in [6.07, 6.45) is 0.988. The van der Waals surface area contributed by atoms with Crippen LogP contribution in [-0.4, -0.2) is 52.3 Å². The van der Waals surface area contributed by atoms with Gasteiger partial charge in [-0.1, -0.05) is 41.8 Å². The second kappa shape index (κ2) is 11.0. The Kier molecular flexibility index (Phi) is 7.90. The number of rotatable bonds is 10. The molecule has 2 aliphatic rings. The van der Waals surface area contributed by atoms with Crippen LogP contribution < -0.4 is 0 Å². The van der Waals surface area contributed by atoms with Crippen LogP contribution in [-0.2, 0) is 38.3 Å². The highest BCUT2D eigenvalue weighted by Crippen LogP contribution is 2.22. The number of hydroxylamine groups is 2. The fourth-order valence-electron chi connectivity index (χ4n) is 3.16. The molecular weight excluding hydrogens is 436 g/mol. The Morgan fingerprint density at radius 2 is 1.48 bits per heavy atom. The van der Waals surface area contributed by atoms with Crippen molar-refractivity contribution in [1.82, 2.24) is 9.96 Å². The van der Waals surface area contributed by atoms with Crippen LogP contribution in [0.2, 0.25) is 0 Å². The van der Waals surface area contributed by atoms with Crippen LogP contribution in [0.1, 0.15) is 50.4 Å². The van der Waals surface area contributed by atoms with Gasteiger partial charge in [-0.25, -0.2) is 4.79 Å². The average molecular weight is 458 g/mol. The monoisotopic (exact) mass is 458 g/mol. The van der Waals surface area contributed by atoms with Crippen molar-refractivity contribution in [3.05, 3.63) is 48.0 Å². The summed E-state index contributed by atoms with van der Waals surface area (Å²) in [7, 11) is 0. The van der Waals surface area contributed by atoms with Crippen molar-refractivity contribution >= 4 is 35.8 Å². The molecule has 174 valence electrons. The molecule has 1 saturated heterocycles. The molecule has 3 rings (SSSR count). The van der Waals surface area contributed by atoms with Gasteiger partial charge in [-0.2, -0.15) is 0 Å². The number of amides is 4. The molecule has 0 bridgehead atoms. The Balaban J connectivity index is 1.47. The molecule has 1 atom stereocenters. The number of imide groups is 2. The number of nitrogens with zero attached hydrogens (tertiary/aromatic N) is 2. The normalized spacial score (nSPS) is 16.4. The third kappa shape index (κ3) is 6.48. The molecule has 4 amide bonds. The number of esters is 1. The van der Waals surface area contributed by atoms with Crippen LogP contribution in [0.25, 0.3) is 0 Å². The van der Waals surface area contributed by atoms with E-state index >= 15 is 0 Å². The van der Waals surface area contributed by atoms with Crippen LogP contribution >= 0.6 is 0 Å². The van der Waals surface area contributed by atoms with E-state index in [2.05, 4.69) is 4.84 Å². The first kappa shape index (κ1) is 23.6. The van der Waals surface area contributed by atoms with Crippen molar-refractivity contribution in [1.29, 1.82) is 0 Å². The summed E-state index contributed by atoms with van der Waals surface area (Å²) in [5.41, 5.74) is 0.348. The molecule has 0 spiro atoms. The standard InChI is InChI=1S/C22H22N2O9/c25-16-10-11-17(26)23(16)14-6-2-5-9-20(29)31-21(15-7-3-1-4-8-15)32-22(30)33-24-18(27)12-13-19(24)28/h1,3-4,7-8,10-11,21H,2,5-6,9,12-14H2. The molecule has 1 unspecified atom stereocenters. The third-order valence-electron chi connectivity index (χ3n) is 4.85. The second-order valence-electron chi connectivity index (χ2n) is 7.25. The summed E-state index contributed by atoms with van der Waals surface area (Å²) in [5, 5.41) is 0.331. The average Bonchev–Trinajstić information content (AvgIpc) is 3.29. The van der Waals surface area contributed by atoms with E-state index in [9.17, 15) is 28.8 Å². The fraction of sp³-hybridized carbons (Fsp3) is 0.364. The Hall–Kier alpha value is -4.02. The first-order chi connectivity index (χ1) is 15.8. The zero-order chi connectivity index (χ0) is 23.8. The van der Waals surface area contributed by atoms with Gasteiger partial charge in [0, 0.05) is 43.5 Å². The number of ether oxygens (including phenoxy) is 2. The smallest absolute Gasteiger partial charge is 0.420 e. The van der Waals surface area contributed by atoms with E-state index in [1.54, 1.807) is 30.3 Å². The summed E-state index contributed by atoms with van der Waals surface area (Å²) < 4.78 is 10.3. The molecule has 2 heterocycles. The Labute approximate surface area is 188 Å². The number of carbonyl (C=O) groups excluding carboxylic acids is 6. The SMILES string of the molecule is O=C(CCCCCN1C(=O)C=CC1=O)OC(OC(=O)ON1C(=O)CCC1=O)c1ccccc1. The van der Waals surface area contributed by atoms with E-state index in [-0.39, 0.29) is 37.6 Å². The summed E-state index contributed by atoms with van der Waals surface area (Å²) in [6, 6.07) is 8.14. The molecule has 11 nitrogen and oxygen atoms in total.